The summed E-state index contributed by atoms with van der Waals surface area (Å²) in [6, 6.07) is 14.3. The molecule has 0 saturated carbocycles. The Morgan fingerprint density at radius 1 is 1.19 bits per heavy atom. The maximum absolute atomic E-state index is 13.1. The molecule has 2 aromatic heterocycles. The van der Waals surface area contributed by atoms with Gasteiger partial charge < -0.3 is 5.32 Å². The Morgan fingerprint density at radius 2 is 1.94 bits per heavy atom. The predicted octanol–water partition coefficient (Wildman–Crippen LogP) is 5.03. The van der Waals surface area contributed by atoms with E-state index in [1.165, 1.54) is 57.9 Å². The summed E-state index contributed by atoms with van der Waals surface area (Å²) in [6.45, 7) is 4.22. The van der Waals surface area contributed by atoms with Crippen LogP contribution in [0.1, 0.15) is 34.9 Å². The molecule has 0 bridgehead atoms. The third-order valence-electron chi connectivity index (χ3n) is 4.54. The number of carbonyl (C=O) groups is 1. The highest BCUT2D eigenvalue weighted by Crippen LogP contribution is 2.30. The molecular weight excluding hydrogens is 447 g/mol. The van der Waals surface area contributed by atoms with Gasteiger partial charge in [-0.05, 0) is 42.3 Å². The molecule has 0 saturated heterocycles. The van der Waals surface area contributed by atoms with Crippen molar-refractivity contribution < 1.29 is 9.18 Å². The zero-order chi connectivity index (χ0) is 22.7. The maximum atomic E-state index is 13.1. The summed E-state index contributed by atoms with van der Waals surface area (Å²) in [4.78, 5) is 31.0. The Balaban J connectivity index is 1.50. The van der Waals surface area contributed by atoms with Crippen LogP contribution < -0.4 is 10.9 Å². The minimum absolute atomic E-state index is 0.199. The van der Waals surface area contributed by atoms with E-state index >= 15 is 0 Å². The van der Waals surface area contributed by atoms with Gasteiger partial charge in [0, 0.05) is 28.7 Å². The monoisotopic (exact) mass is 468 g/mol. The highest BCUT2D eigenvalue weighted by Gasteiger charge is 2.13. The van der Waals surface area contributed by atoms with Crippen LogP contribution in [0.4, 0.5) is 10.1 Å². The van der Waals surface area contributed by atoms with Crippen molar-refractivity contribution in [1.82, 2.24) is 14.6 Å². The van der Waals surface area contributed by atoms with Crippen LogP contribution in [0.15, 0.2) is 64.3 Å². The number of anilines is 1. The fourth-order valence-electron chi connectivity index (χ4n) is 3.04. The molecule has 0 aliphatic rings. The van der Waals surface area contributed by atoms with Gasteiger partial charge in [-0.3, -0.25) is 9.59 Å². The van der Waals surface area contributed by atoms with Crippen molar-refractivity contribution in [2.45, 2.75) is 30.9 Å². The van der Waals surface area contributed by atoms with Crippen LogP contribution in [0, 0.1) is 11.7 Å². The second-order valence-electron chi connectivity index (χ2n) is 7.62. The minimum Gasteiger partial charge on any atom is -0.321 e. The fraction of sp³-hybridized carbons (Fsp3) is 0.217. The lowest BCUT2D eigenvalue weighted by molar-refractivity contribution is 0.102. The second-order valence-corrected chi connectivity index (χ2v) is 9.68. The van der Waals surface area contributed by atoms with Crippen LogP contribution in [0.3, 0.4) is 0 Å². The number of rotatable bonds is 7. The van der Waals surface area contributed by atoms with Gasteiger partial charge in [0.25, 0.3) is 11.5 Å². The summed E-state index contributed by atoms with van der Waals surface area (Å²) in [5.74, 6) is 0.197. The molecule has 2 aromatic carbocycles. The molecule has 1 N–H and O–H groups in total. The average Bonchev–Trinajstić information content (AvgIpc) is 3.16. The van der Waals surface area contributed by atoms with Crippen molar-refractivity contribution in [3.8, 4) is 0 Å². The number of fused-ring (bicyclic) bond motifs is 1. The average molecular weight is 469 g/mol. The van der Waals surface area contributed by atoms with E-state index in [-0.39, 0.29) is 11.5 Å². The Bertz CT molecular complexity index is 1320. The molecule has 0 fully saturated rings. The molecule has 4 rings (SSSR count). The van der Waals surface area contributed by atoms with Gasteiger partial charge in [0.2, 0.25) is 4.96 Å². The predicted molar refractivity (Wildman–Crippen MR) is 126 cm³/mol. The number of halogens is 1. The molecule has 9 heteroatoms. The fourth-order valence-corrected chi connectivity index (χ4v) is 5.08. The van der Waals surface area contributed by atoms with Crippen molar-refractivity contribution in [3.63, 3.8) is 0 Å². The Labute approximate surface area is 192 Å². The van der Waals surface area contributed by atoms with Crippen molar-refractivity contribution in [2.75, 3.05) is 5.32 Å². The number of hydrogen-bond acceptors (Lipinski definition) is 6. The Morgan fingerprint density at radius 3 is 2.69 bits per heavy atom. The van der Waals surface area contributed by atoms with Gasteiger partial charge in [-0.25, -0.2) is 9.37 Å². The molecule has 32 heavy (non-hydrogen) atoms. The number of hydrogen-bond donors (Lipinski definition) is 1. The number of benzene rings is 2. The summed E-state index contributed by atoms with van der Waals surface area (Å²) >= 11 is 2.91. The van der Waals surface area contributed by atoms with Crippen molar-refractivity contribution in [3.05, 3.63) is 87.0 Å². The molecule has 4 aromatic rings. The van der Waals surface area contributed by atoms with Gasteiger partial charge in [-0.15, -0.1) is 11.8 Å². The molecule has 164 valence electrons. The third-order valence-corrected chi connectivity index (χ3v) is 6.58. The molecule has 6 nitrogen and oxygen atoms in total. The number of amides is 1. The van der Waals surface area contributed by atoms with Gasteiger partial charge in [-0.1, -0.05) is 37.3 Å². The number of thioether (sulfide) groups is 1. The van der Waals surface area contributed by atoms with Crippen LogP contribution >= 0.6 is 23.1 Å². The normalized spacial score (nSPS) is 11.2. The van der Waals surface area contributed by atoms with E-state index < -0.39 is 5.82 Å². The molecule has 2 heterocycles. The van der Waals surface area contributed by atoms with Gasteiger partial charge in [-0.2, -0.15) is 9.61 Å². The van der Waals surface area contributed by atoms with Gasteiger partial charge in [0.15, 0.2) is 0 Å². The summed E-state index contributed by atoms with van der Waals surface area (Å²) in [7, 11) is 0. The topological polar surface area (TPSA) is 76.4 Å². The van der Waals surface area contributed by atoms with E-state index in [1.807, 2.05) is 18.2 Å². The third kappa shape index (κ3) is 5.23. The van der Waals surface area contributed by atoms with Crippen LogP contribution in [-0.2, 0) is 12.2 Å². The summed E-state index contributed by atoms with van der Waals surface area (Å²) in [6.07, 6.45) is 0.804. The van der Waals surface area contributed by atoms with E-state index in [2.05, 4.69) is 29.2 Å². The highest BCUT2D eigenvalue weighted by molar-refractivity contribution is 7.98. The lowest BCUT2D eigenvalue weighted by Gasteiger charge is -2.10. The second kappa shape index (κ2) is 9.62. The first-order valence-corrected chi connectivity index (χ1v) is 11.9. The van der Waals surface area contributed by atoms with E-state index in [9.17, 15) is 14.0 Å². The summed E-state index contributed by atoms with van der Waals surface area (Å²) in [5, 5.41) is 8.14. The lowest BCUT2D eigenvalue weighted by Crippen LogP contribution is -2.15. The first-order valence-electron chi connectivity index (χ1n) is 10.1. The first-order chi connectivity index (χ1) is 15.4. The molecule has 0 radical (unpaired) electrons. The zero-order valence-electron chi connectivity index (χ0n) is 17.5. The quantitative estimate of drug-likeness (QED) is 0.385. The van der Waals surface area contributed by atoms with E-state index in [4.69, 9.17) is 0 Å². The van der Waals surface area contributed by atoms with E-state index in [1.54, 1.807) is 6.07 Å². The minimum atomic E-state index is -0.393. The molecule has 0 aliphatic carbocycles. The lowest BCUT2D eigenvalue weighted by atomic mass is 10.1. The molecule has 0 aliphatic heterocycles. The number of nitrogens with one attached hydrogen (secondary N) is 1. The smallest absolute Gasteiger partial charge is 0.275 e. The molecule has 0 spiro atoms. The SMILES string of the molecule is CC(C)Cc1nn2c(=O)cc(CSc3ccccc3NC(=O)c3ccc(F)cc3)nc2s1. The van der Waals surface area contributed by atoms with Gasteiger partial charge >= 0.3 is 0 Å². The van der Waals surface area contributed by atoms with Crippen molar-refractivity contribution in [2.24, 2.45) is 5.92 Å². The van der Waals surface area contributed by atoms with Crippen LogP contribution in [0.2, 0.25) is 0 Å². The number of aromatic nitrogens is 3. The van der Waals surface area contributed by atoms with Gasteiger partial charge in [0.05, 0.1) is 11.4 Å². The highest BCUT2D eigenvalue weighted by atomic mass is 32.2. The summed E-state index contributed by atoms with van der Waals surface area (Å²) in [5.41, 5.74) is 1.46. The standard InChI is InChI=1S/C23H21FN4O2S2/c1-14(2)11-20-27-28-21(29)12-17(25-23(28)32-20)13-31-19-6-4-3-5-18(19)26-22(30)15-7-9-16(24)10-8-15/h3-10,12,14H,11,13H2,1-2H3,(H,26,30). The van der Waals surface area contributed by atoms with Gasteiger partial charge in [0.1, 0.15) is 10.8 Å². The Kier molecular flexibility index (Phi) is 6.66. The van der Waals surface area contributed by atoms with Crippen molar-refractivity contribution >= 4 is 39.7 Å². The first kappa shape index (κ1) is 22.2. The number of nitrogens with zero attached hydrogens (tertiary/aromatic N) is 3. The molecule has 1 amide bonds. The maximum Gasteiger partial charge on any atom is 0.275 e. The number of para-hydroxylation sites is 1. The van der Waals surface area contributed by atoms with Crippen LogP contribution in [0.25, 0.3) is 4.96 Å². The van der Waals surface area contributed by atoms with Crippen molar-refractivity contribution in [1.29, 1.82) is 0 Å². The Hall–Kier alpha value is -3.04. The summed E-state index contributed by atoms with van der Waals surface area (Å²) < 4.78 is 14.5. The zero-order valence-corrected chi connectivity index (χ0v) is 19.2. The van der Waals surface area contributed by atoms with Crippen LogP contribution in [-0.4, -0.2) is 20.5 Å². The molecular formula is C23H21FN4O2S2. The molecule has 0 unspecified atom stereocenters. The number of carbonyl (C=O) groups excluding carboxylic acids is 1. The molecule has 0 atom stereocenters. The van der Waals surface area contributed by atoms with Crippen LogP contribution in [0.5, 0.6) is 0 Å². The van der Waals surface area contributed by atoms with E-state index in [0.29, 0.717) is 33.6 Å². The van der Waals surface area contributed by atoms with E-state index in [0.717, 1.165) is 16.3 Å². The largest absolute Gasteiger partial charge is 0.321 e.